The molecule has 1 aliphatic carbocycles. The zero-order valence-electron chi connectivity index (χ0n) is 17.6. The summed E-state index contributed by atoms with van der Waals surface area (Å²) in [5, 5.41) is 8.48. The molecule has 4 rings (SSSR count). The molecule has 1 unspecified atom stereocenters. The Labute approximate surface area is 170 Å². The lowest BCUT2D eigenvalue weighted by Gasteiger charge is -2.33. The van der Waals surface area contributed by atoms with Gasteiger partial charge in [0.25, 0.3) is 5.91 Å². The van der Waals surface area contributed by atoms with Crippen LogP contribution in [0.15, 0.2) is 6.07 Å². The molecule has 0 radical (unpaired) electrons. The number of aromatic nitrogens is 3. The molecule has 1 N–H and O–H groups in total. The first-order valence-corrected chi connectivity index (χ1v) is 10.3. The third kappa shape index (κ3) is 3.61. The number of likely N-dealkylation sites (tertiary alicyclic amines) is 1. The second-order valence-corrected chi connectivity index (χ2v) is 8.33. The van der Waals surface area contributed by atoms with E-state index in [2.05, 4.69) is 15.4 Å². The van der Waals surface area contributed by atoms with E-state index in [1.165, 1.54) is 0 Å². The quantitative estimate of drug-likeness (QED) is 0.827. The molecule has 29 heavy (non-hydrogen) atoms. The number of ether oxygens (including phenoxy) is 1. The summed E-state index contributed by atoms with van der Waals surface area (Å²) in [4.78, 5) is 31.6. The van der Waals surface area contributed by atoms with Crippen molar-refractivity contribution in [1.29, 1.82) is 0 Å². The standard InChI is InChI=1S/C21H29N5O3/c1-5-29-12-17(27)26-8-6-21(7-9-26)11-16(21)23-20(28)15-10-13(2)22-19-18(15)14(3)24-25(19)4/h10,16H,5-9,11-12H2,1-4H3,(H,23,28). The Bertz CT molecular complexity index is 959. The third-order valence-electron chi connectivity index (χ3n) is 6.38. The van der Waals surface area contributed by atoms with Crippen LogP contribution in [0.2, 0.25) is 0 Å². The van der Waals surface area contributed by atoms with Crippen LogP contribution in [-0.4, -0.2) is 63.8 Å². The number of pyridine rings is 1. The van der Waals surface area contributed by atoms with Crippen molar-refractivity contribution in [3.05, 3.63) is 23.0 Å². The van der Waals surface area contributed by atoms with Gasteiger partial charge in [0.2, 0.25) is 5.91 Å². The molecule has 1 spiro atoms. The number of hydrogen-bond acceptors (Lipinski definition) is 5. The van der Waals surface area contributed by atoms with Gasteiger partial charge in [0.05, 0.1) is 16.6 Å². The Balaban J connectivity index is 1.42. The number of aryl methyl sites for hydroxylation is 3. The van der Waals surface area contributed by atoms with E-state index in [1.807, 2.05) is 38.8 Å². The zero-order chi connectivity index (χ0) is 20.8. The molecule has 2 amide bonds. The maximum atomic E-state index is 13.1. The molecular weight excluding hydrogens is 370 g/mol. The topological polar surface area (TPSA) is 89.3 Å². The van der Waals surface area contributed by atoms with Crippen LogP contribution in [0.25, 0.3) is 11.0 Å². The van der Waals surface area contributed by atoms with Gasteiger partial charge in [0, 0.05) is 38.5 Å². The SMILES string of the molecule is CCOCC(=O)N1CCC2(CC1)CC2NC(=O)c1cc(C)nc2c1c(C)nn2C. The monoisotopic (exact) mass is 399 g/mol. The van der Waals surface area contributed by atoms with Crippen molar-refractivity contribution >= 4 is 22.8 Å². The Morgan fingerprint density at radius 3 is 2.72 bits per heavy atom. The van der Waals surface area contributed by atoms with Gasteiger partial charge < -0.3 is 15.0 Å². The molecule has 1 saturated heterocycles. The lowest BCUT2D eigenvalue weighted by Crippen LogP contribution is -2.43. The molecular formula is C21H29N5O3. The zero-order valence-corrected chi connectivity index (χ0v) is 17.6. The normalized spacial score (nSPS) is 20.3. The number of carbonyl (C=O) groups excluding carboxylic acids is 2. The summed E-state index contributed by atoms with van der Waals surface area (Å²) in [7, 11) is 1.85. The van der Waals surface area contributed by atoms with E-state index in [9.17, 15) is 9.59 Å². The van der Waals surface area contributed by atoms with Gasteiger partial charge in [-0.2, -0.15) is 5.10 Å². The van der Waals surface area contributed by atoms with Crippen LogP contribution < -0.4 is 5.32 Å². The molecule has 1 aliphatic heterocycles. The summed E-state index contributed by atoms with van der Waals surface area (Å²) in [5.41, 5.74) is 3.12. The minimum atomic E-state index is -0.0617. The molecule has 8 nitrogen and oxygen atoms in total. The van der Waals surface area contributed by atoms with Gasteiger partial charge in [-0.3, -0.25) is 14.3 Å². The molecule has 1 atom stereocenters. The minimum absolute atomic E-state index is 0.0599. The van der Waals surface area contributed by atoms with Gasteiger partial charge in [0.1, 0.15) is 6.61 Å². The van der Waals surface area contributed by atoms with Gasteiger partial charge >= 0.3 is 0 Å². The number of nitrogens with zero attached hydrogens (tertiary/aromatic N) is 4. The number of amides is 2. The maximum absolute atomic E-state index is 13.1. The summed E-state index contributed by atoms with van der Waals surface area (Å²) < 4.78 is 6.96. The van der Waals surface area contributed by atoms with Gasteiger partial charge in [-0.1, -0.05) is 0 Å². The first kappa shape index (κ1) is 19.8. The third-order valence-corrected chi connectivity index (χ3v) is 6.38. The number of piperidine rings is 1. The van der Waals surface area contributed by atoms with Gasteiger partial charge in [0.15, 0.2) is 5.65 Å². The van der Waals surface area contributed by atoms with Gasteiger partial charge in [-0.25, -0.2) is 4.98 Å². The number of carbonyl (C=O) groups is 2. The number of nitrogens with one attached hydrogen (secondary N) is 1. The van der Waals surface area contributed by atoms with Crippen LogP contribution in [-0.2, 0) is 16.6 Å². The molecule has 0 bridgehead atoms. The molecule has 2 aromatic rings. The molecule has 0 aromatic carbocycles. The van der Waals surface area contributed by atoms with Crippen LogP contribution in [0, 0.1) is 19.3 Å². The fourth-order valence-corrected chi connectivity index (χ4v) is 4.57. The van der Waals surface area contributed by atoms with Crippen molar-refractivity contribution in [2.45, 2.75) is 46.1 Å². The van der Waals surface area contributed by atoms with Crippen molar-refractivity contribution in [1.82, 2.24) is 25.0 Å². The van der Waals surface area contributed by atoms with Crippen molar-refractivity contribution in [3.63, 3.8) is 0 Å². The highest BCUT2D eigenvalue weighted by atomic mass is 16.5. The van der Waals surface area contributed by atoms with E-state index in [-0.39, 0.29) is 29.9 Å². The Morgan fingerprint density at radius 1 is 1.31 bits per heavy atom. The van der Waals surface area contributed by atoms with Crippen LogP contribution in [0.3, 0.4) is 0 Å². The average molecular weight is 399 g/mol. The largest absolute Gasteiger partial charge is 0.372 e. The van der Waals surface area contributed by atoms with Crippen molar-refractivity contribution in [2.24, 2.45) is 12.5 Å². The van der Waals surface area contributed by atoms with Crippen LogP contribution in [0.5, 0.6) is 0 Å². The molecule has 2 aliphatic rings. The van der Waals surface area contributed by atoms with E-state index in [1.54, 1.807) is 4.68 Å². The van der Waals surface area contributed by atoms with Gasteiger partial charge in [-0.05, 0) is 51.5 Å². The van der Waals surface area contributed by atoms with E-state index in [4.69, 9.17) is 4.74 Å². The lowest BCUT2D eigenvalue weighted by atomic mass is 9.92. The highest BCUT2D eigenvalue weighted by Gasteiger charge is 2.56. The molecule has 8 heteroatoms. The Morgan fingerprint density at radius 2 is 2.03 bits per heavy atom. The fraction of sp³-hybridized carbons (Fsp3) is 0.619. The molecule has 2 aromatic heterocycles. The summed E-state index contributed by atoms with van der Waals surface area (Å²) in [5.74, 6) is -0.00188. The van der Waals surface area contributed by atoms with E-state index in [0.29, 0.717) is 12.2 Å². The first-order valence-electron chi connectivity index (χ1n) is 10.3. The first-order chi connectivity index (χ1) is 13.8. The summed E-state index contributed by atoms with van der Waals surface area (Å²) in [6.45, 7) is 7.87. The summed E-state index contributed by atoms with van der Waals surface area (Å²) >= 11 is 0. The molecule has 156 valence electrons. The highest BCUT2D eigenvalue weighted by molar-refractivity contribution is 6.06. The van der Waals surface area contributed by atoms with E-state index in [0.717, 1.165) is 54.8 Å². The van der Waals surface area contributed by atoms with Crippen molar-refractivity contribution < 1.29 is 14.3 Å². The van der Waals surface area contributed by atoms with Crippen molar-refractivity contribution in [3.8, 4) is 0 Å². The number of fused-ring (bicyclic) bond motifs is 1. The summed E-state index contributed by atoms with van der Waals surface area (Å²) in [6, 6.07) is 2.01. The Kier molecular flexibility index (Phi) is 5.06. The predicted octanol–water partition coefficient (Wildman–Crippen LogP) is 1.73. The number of rotatable bonds is 5. The smallest absolute Gasteiger partial charge is 0.252 e. The molecule has 1 saturated carbocycles. The maximum Gasteiger partial charge on any atom is 0.252 e. The number of hydrogen-bond donors (Lipinski definition) is 1. The summed E-state index contributed by atoms with van der Waals surface area (Å²) in [6.07, 6.45) is 2.82. The van der Waals surface area contributed by atoms with Crippen molar-refractivity contribution in [2.75, 3.05) is 26.3 Å². The molecule has 2 fully saturated rings. The van der Waals surface area contributed by atoms with Crippen LogP contribution in [0.1, 0.15) is 47.9 Å². The lowest BCUT2D eigenvalue weighted by molar-refractivity contribution is -0.137. The van der Waals surface area contributed by atoms with E-state index < -0.39 is 0 Å². The highest BCUT2D eigenvalue weighted by Crippen LogP contribution is 2.54. The van der Waals surface area contributed by atoms with Gasteiger partial charge in [-0.15, -0.1) is 0 Å². The minimum Gasteiger partial charge on any atom is -0.372 e. The predicted molar refractivity (Wildman–Crippen MR) is 109 cm³/mol. The van der Waals surface area contributed by atoms with Crippen LogP contribution >= 0.6 is 0 Å². The van der Waals surface area contributed by atoms with E-state index >= 15 is 0 Å². The Hall–Kier alpha value is -2.48. The molecule has 3 heterocycles. The average Bonchev–Trinajstić information content (AvgIpc) is 3.26. The van der Waals surface area contributed by atoms with Crippen LogP contribution in [0.4, 0.5) is 0 Å². The second-order valence-electron chi connectivity index (χ2n) is 8.33. The fourth-order valence-electron chi connectivity index (χ4n) is 4.57. The second kappa shape index (κ2) is 7.40.